The van der Waals surface area contributed by atoms with Crippen molar-refractivity contribution >= 4 is 0 Å². The van der Waals surface area contributed by atoms with Gasteiger partial charge in [-0.2, -0.15) is 0 Å². The summed E-state index contributed by atoms with van der Waals surface area (Å²) in [4.78, 5) is 0. The Bertz CT molecular complexity index is 230. The minimum atomic E-state index is -0.572. The highest BCUT2D eigenvalue weighted by Crippen LogP contribution is 2.36. The van der Waals surface area contributed by atoms with E-state index in [1.54, 1.807) is 5.57 Å². The Hall–Kier alpha value is -0.300. The van der Waals surface area contributed by atoms with E-state index in [1.165, 1.54) is 32.1 Å². The summed E-state index contributed by atoms with van der Waals surface area (Å²) < 4.78 is 0. The Balaban J connectivity index is 2.30. The third-order valence-corrected chi connectivity index (χ3v) is 4.09. The van der Waals surface area contributed by atoms with Crippen LogP contribution in [0.3, 0.4) is 0 Å². The Kier molecular flexibility index (Phi) is 3.99. The molecule has 0 aromatic carbocycles. The average Bonchev–Trinajstić information content (AvgIpc) is 2.54. The van der Waals surface area contributed by atoms with Crippen LogP contribution in [-0.2, 0) is 0 Å². The Morgan fingerprint density at radius 3 is 2.40 bits per heavy atom. The highest BCUT2D eigenvalue weighted by atomic mass is 16.3. The lowest BCUT2D eigenvalue weighted by Crippen LogP contribution is -2.38. The average molecular weight is 210 g/mol. The van der Waals surface area contributed by atoms with Crippen molar-refractivity contribution in [2.24, 2.45) is 5.41 Å². The van der Waals surface area contributed by atoms with Gasteiger partial charge in [-0.3, -0.25) is 0 Å². The molecule has 0 fully saturated rings. The van der Waals surface area contributed by atoms with Gasteiger partial charge in [0.05, 0.1) is 5.60 Å². The van der Waals surface area contributed by atoms with Crippen molar-refractivity contribution in [1.82, 2.24) is 0 Å². The molecule has 0 amide bonds. The van der Waals surface area contributed by atoms with Gasteiger partial charge in [0, 0.05) is 0 Å². The summed E-state index contributed by atoms with van der Waals surface area (Å²) in [5.41, 5.74) is 1.09. The number of rotatable bonds is 5. The van der Waals surface area contributed by atoms with Crippen molar-refractivity contribution in [3.05, 3.63) is 11.6 Å². The topological polar surface area (TPSA) is 20.2 Å². The van der Waals surface area contributed by atoms with Crippen LogP contribution in [0, 0.1) is 5.41 Å². The quantitative estimate of drug-likeness (QED) is 0.678. The Labute approximate surface area is 94.6 Å². The summed E-state index contributed by atoms with van der Waals surface area (Å²) >= 11 is 0. The summed E-state index contributed by atoms with van der Waals surface area (Å²) in [6.07, 6.45) is 9.89. The second-order valence-electron chi connectivity index (χ2n) is 6.05. The van der Waals surface area contributed by atoms with Crippen molar-refractivity contribution in [2.45, 2.75) is 71.8 Å². The lowest BCUT2D eigenvalue weighted by molar-refractivity contribution is -0.0402. The van der Waals surface area contributed by atoms with Gasteiger partial charge >= 0.3 is 0 Å². The van der Waals surface area contributed by atoms with E-state index in [9.17, 15) is 5.11 Å². The molecule has 0 saturated carbocycles. The van der Waals surface area contributed by atoms with Crippen molar-refractivity contribution in [3.8, 4) is 0 Å². The fourth-order valence-corrected chi connectivity index (χ4v) is 2.03. The van der Waals surface area contributed by atoms with Gasteiger partial charge < -0.3 is 5.11 Å². The van der Waals surface area contributed by atoms with Gasteiger partial charge in [-0.1, -0.05) is 25.5 Å². The predicted molar refractivity (Wildman–Crippen MR) is 65.9 cm³/mol. The van der Waals surface area contributed by atoms with Gasteiger partial charge in [-0.05, 0) is 57.8 Å². The summed E-state index contributed by atoms with van der Waals surface area (Å²) in [5, 5.41) is 10.0. The SMILES string of the molecule is CC(C)(O)C(C)(C)CCCC1=CCCC1. The predicted octanol–water partition coefficient (Wildman–Crippen LogP) is 4.06. The first-order chi connectivity index (χ1) is 6.83. The second kappa shape index (κ2) is 4.69. The molecule has 15 heavy (non-hydrogen) atoms. The molecule has 0 saturated heterocycles. The van der Waals surface area contributed by atoms with Crippen LogP contribution < -0.4 is 0 Å². The molecular formula is C14H26O. The van der Waals surface area contributed by atoms with Crippen molar-refractivity contribution in [3.63, 3.8) is 0 Å². The molecule has 0 atom stereocenters. The zero-order valence-electron chi connectivity index (χ0n) is 10.8. The molecule has 0 heterocycles. The minimum absolute atomic E-state index is 0.0200. The van der Waals surface area contributed by atoms with Crippen LogP contribution in [-0.4, -0.2) is 10.7 Å². The fraction of sp³-hybridized carbons (Fsp3) is 0.857. The van der Waals surface area contributed by atoms with Gasteiger partial charge in [0.25, 0.3) is 0 Å². The van der Waals surface area contributed by atoms with E-state index in [0.29, 0.717) is 0 Å². The van der Waals surface area contributed by atoms with Gasteiger partial charge in [0.1, 0.15) is 0 Å². The zero-order chi connectivity index (χ0) is 11.5. The van der Waals surface area contributed by atoms with Gasteiger partial charge in [-0.15, -0.1) is 0 Å². The third kappa shape index (κ3) is 3.64. The lowest BCUT2D eigenvalue weighted by atomic mass is 9.73. The standard InChI is InChI=1S/C14H26O/c1-13(2,14(3,4)15)11-7-10-12-8-5-6-9-12/h8,15H,5-7,9-11H2,1-4H3. The maximum atomic E-state index is 10.0. The number of aliphatic hydroxyl groups is 1. The summed E-state index contributed by atoms with van der Waals surface area (Å²) in [6, 6.07) is 0. The summed E-state index contributed by atoms with van der Waals surface area (Å²) in [6.45, 7) is 8.16. The van der Waals surface area contributed by atoms with E-state index >= 15 is 0 Å². The van der Waals surface area contributed by atoms with E-state index < -0.39 is 5.60 Å². The van der Waals surface area contributed by atoms with E-state index in [1.807, 2.05) is 13.8 Å². The van der Waals surface area contributed by atoms with E-state index in [4.69, 9.17) is 0 Å². The molecule has 0 aromatic rings. The smallest absolute Gasteiger partial charge is 0.0642 e. The first kappa shape index (κ1) is 12.8. The van der Waals surface area contributed by atoms with Crippen LogP contribution in [0.2, 0.25) is 0 Å². The van der Waals surface area contributed by atoms with Gasteiger partial charge in [0.2, 0.25) is 0 Å². The van der Waals surface area contributed by atoms with Gasteiger partial charge in [0.15, 0.2) is 0 Å². The van der Waals surface area contributed by atoms with E-state index in [0.717, 1.165) is 6.42 Å². The zero-order valence-corrected chi connectivity index (χ0v) is 10.8. The highest BCUT2D eigenvalue weighted by Gasteiger charge is 2.34. The largest absolute Gasteiger partial charge is 0.390 e. The Morgan fingerprint density at radius 1 is 1.27 bits per heavy atom. The molecule has 1 N–H and O–H groups in total. The molecule has 0 aromatic heterocycles. The molecule has 0 unspecified atom stereocenters. The third-order valence-electron chi connectivity index (χ3n) is 4.09. The van der Waals surface area contributed by atoms with Crippen LogP contribution in [0.1, 0.15) is 66.2 Å². The van der Waals surface area contributed by atoms with Crippen molar-refractivity contribution in [2.75, 3.05) is 0 Å². The molecule has 1 aliphatic carbocycles. The van der Waals surface area contributed by atoms with E-state index in [2.05, 4.69) is 19.9 Å². The normalized spacial score (nSPS) is 18.1. The molecule has 1 rings (SSSR count). The first-order valence-corrected chi connectivity index (χ1v) is 6.23. The Morgan fingerprint density at radius 2 is 1.93 bits per heavy atom. The molecule has 1 nitrogen and oxygen atoms in total. The second-order valence-corrected chi connectivity index (χ2v) is 6.05. The molecule has 1 aliphatic rings. The minimum Gasteiger partial charge on any atom is -0.390 e. The number of hydrogen-bond donors (Lipinski definition) is 1. The number of allylic oxidation sites excluding steroid dienone is 2. The summed E-state index contributed by atoms with van der Waals surface area (Å²) in [7, 11) is 0. The molecule has 1 heteroatoms. The molecule has 88 valence electrons. The fourth-order valence-electron chi connectivity index (χ4n) is 2.03. The highest BCUT2D eigenvalue weighted by molar-refractivity contribution is 5.07. The van der Waals surface area contributed by atoms with Crippen molar-refractivity contribution in [1.29, 1.82) is 0 Å². The molecular weight excluding hydrogens is 184 g/mol. The monoisotopic (exact) mass is 210 g/mol. The van der Waals surface area contributed by atoms with Crippen LogP contribution in [0.25, 0.3) is 0 Å². The van der Waals surface area contributed by atoms with Crippen LogP contribution in [0.5, 0.6) is 0 Å². The maximum Gasteiger partial charge on any atom is 0.0642 e. The molecule has 0 radical (unpaired) electrons. The first-order valence-electron chi connectivity index (χ1n) is 6.23. The van der Waals surface area contributed by atoms with Crippen LogP contribution in [0.15, 0.2) is 11.6 Å². The molecule has 0 bridgehead atoms. The molecule has 0 spiro atoms. The summed E-state index contributed by atoms with van der Waals surface area (Å²) in [5.74, 6) is 0. The van der Waals surface area contributed by atoms with E-state index in [-0.39, 0.29) is 5.41 Å². The maximum absolute atomic E-state index is 10.0. The van der Waals surface area contributed by atoms with Gasteiger partial charge in [-0.25, -0.2) is 0 Å². The number of hydrogen-bond acceptors (Lipinski definition) is 1. The van der Waals surface area contributed by atoms with Crippen LogP contribution in [0.4, 0.5) is 0 Å². The van der Waals surface area contributed by atoms with Crippen molar-refractivity contribution < 1.29 is 5.11 Å². The lowest BCUT2D eigenvalue weighted by Gasteiger charge is -2.37. The molecule has 0 aliphatic heterocycles. The van der Waals surface area contributed by atoms with Crippen LogP contribution >= 0.6 is 0 Å².